The molecule has 0 aliphatic heterocycles. The summed E-state index contributed by atoms with van der Waals surface area (Å²) in [5.41, 5.74) is -0.227. The topological polar surface area (TPSA) is 0 Å². The van der Waals surface area contributed by atoms with Crippen molar-refractivity contribution >= 4 is 0 Å². The monoisotopic (exact) mass is 162 g/mol. The van der Waals surface area contributed by atoms with Crippen molar-refractivity contribution in [1.29, 1.82) is 0 Å². The maximum atomic E-state index is 12.5. The Balaban J connectivity index is 2.58. The lowest BCUT2D eigenvalue weighted by Crippen LogP contribution is -2.28. The molecule has 0 amide bonds. The van der Waals surface area contributed by atoms with E-state index in [0.717, 1.165) is 12.8 Å². The molecule has 0 N–H and O–H groups in total. The molecule has 1 aliphatic rings. The molecule has 66 valence electrons. The summed E-state index contributed by atoms with van der Waals surface area (Å²) in [6, 6.07) is 0. The van der Waals surface area contributed by atoms with Crippen molar-refractivity contribution in [3.8, 4) is 0 Å². The van der Waals surface area contributed by atoms with E-state index in [-0.39, 0.29) is 11.3 Å². The molecule has 1 fully saturated rings. The van der Waals surface area contributed by atoms with E-state index in [2.05, 4.69) is 0 Å². The van der Waals surface area contributed by atoms with Crippen molar-refractivity contribution in [3.63, 3.8) is 0 Å². The molecule has 0 bridgehead atoms. The highest BCUT2D eigenvalue weighted by atomic mass is 19.3. The smallest absolute Gasteiger partial charge is 0.210 e. The van der Waals surface area contributed by atoms with Gasteiger partial charge in [0.2, 0.25) is 6.43 Å². The molecule has 0 saturated heterocycles. The summed E-state index contributed by atoms with van der Waals surface area (Å²) < 4.78 is 25.0. The molecule has 0 radical (unpaired) electrons. The lowest BCUT2D eigenvalue weighted by Gasteiger charge is -2.29. The molecule has 1 saturated carbocycles. The first-order chi connectivity index (χ1) is 4.93. The first-order valence-electron chi connectivity index (χ1n) is 4.21. The van der Waals surface area contributed by atoms with E-state index in [9.17, 15) is 8.78 Å². The fourth-order valence-electron chi connectivity index (χ4n) is 1.75. The van der Waals surface area contributed by atoms with Crippen LogP contribution in [0.4, 0.5) is 8.78 Å². The molecule has 1 atom stereocenters. The highest BCUT2D eigenvalue weighted by Crippen LogP contribution is 2.48. The minimum Gasteiger partial charge on any atom is -0.210 e. The van der Waals surface area contributed by atoms with Gasteiger partial charge in [0.25, 0.3) is 0 Å². The van der Waals surface area contributed by atoms with Crippen molar-refractivity contribution in [2.75, 3.05) is 0 Å². The van der Waals surface area contributed by atoms with Gasteiger partial charge < -0.3 is 0 Å². The van der Waals surface area contributed by atoms with Gasteiger partial charge in [-0.25, -0.2) is 8.78 Å². The van der Waals surface area contributed by atoms with E-state index < -0.39 is 6.43 Å². The molecule has 0 heterocycles. The summed E-state index contributed by atoms with van der Waals surface area (Å²) in [6.45, 7) is 5.71. The van der Waals surface area contributed by atoms with Crippen LogP contribution in [0.3, 0.4) is 0 Å². The molecule has 1 rings (SSSR count). The fraction of sp³-hybridized carbons (Fsp3) is 1.00. The standard InChI is InChI=1S/C9H16F2/c1-9(2,3)7(8(10)11)6-4-5-6/h6-8H,4-5H2,1-3H3. The van der Waals surface area contributed by atoms with Gasteiger partial charge in [0, 0.05) is 5.92 Å². The normalized spacial score (nSPS) is 22.4. The van der Waals surface area contributed by atoms with Gasteiger partial charge in [0.15, 0.2) is 0 Å². The second-order valence-corrected chi connectivity index (χ2v) is 4.56. The zero-order valence-electron chi connectivity index (χ0n) is 7.40. The Bertz CT molecular complexity index is 129. The molecule has 11 heavy (non-hydrogen) atoms. The summed E-state index contributed by atoms with van der Waals surface area (Å²) in [7, 11) is 0. The Hall–Kier alpha value is -0.140. The van der Waals surface area contributed by atoms with Crippen LogP contribution in [0, 0.1) is 17.3 Å². The third-order valence-electron chi connectivity index (χ3n) is 2.40. The molecule has 0 aromatic heterocycles. The van der Waals surface area contributed by atoms with Crippen molar-refractivity contribution < 1.29 is 8.78 Å². The Labute approximate surface area is 67.0 Å². The number of rotatable bonds is 2. The van der Waals surface area contributed by atoms with E-state index in [1.807, 2.05) is 20.8 Å². The lowest BCUT2D eigenvalue weighted by molar-refractivity contribution is 0.00273. The van der Waals surface area contributed by atoms with E-state index in [0.29, 0.717) is 5.92 Å². The van der Waals surface area contributed by atoms with Gasteiger partial charge >= 0.3 is 0 Å². The third-order valence-corrected chi connectivity index (χ3v) is 2.40. The largest absolute Gasteiger partial charge is 0.242 e. The average Bonchev–Trinajstić information content (AvgIpc) is 2.42. The molecular formula is C9H16F2. The van der Waals surface area contributed by atoms with E-state index in [1.54, 1.807) is 0 Å². The predicted octanol–water partition coefficient (Wildman–Crippen LogP) is 3.32. The second kappa shape index (κ2) is 2.72. The van der Waals surface area contributed by atoms with Crippen LogP contribution in [-0.2, 0) is 0 Å². The zero-order valence-corrected chi connectivity index (χ0v) is 7.40. The van der Waals surface area contributed by atoms with Crippen LogP contribution in [0.15, 0.2) is 0 Å². The minimum atomic E-state index is -2.14. The third kappa shape index (κ3) is 2.14. The molecule has 0 aromatic rings. The SMILES string of the molecule is CC(C)(C)C(C(F)F)C1CC1. The van der Waals surface area contributed by atoms with Crippen LogP contribution in [0.2, 0.25) is 0 Å². The fourth-order valence-corrected chi connectivity index (χ4v) is 1.75. The molecule has 0 nitrogen and oxygen atoms in total. The Morgan fingerprint density at radius 1 is 1.18 bits per heavy atom. The van der Waals surface area contributed by atoms with Crippen LogP contribution < -0.4 is 0 Å². The summed E-state index contributed by atoms with van der Waals surface area (Å²) >= 11 is 0. The Morgan fingerprint density at radius 2 is 1.64 bits per heavy atom. The summed E-state index contributed by atoms with van der Waals surface area (Å²) in [5, 5.41) is 0. The van der Waals surface area contributed by atoms with Crippen LogP contribution in [-0.4, -0.2) is 6.43 Å². The van der Waals surface area contributed by atoms with Gasteiger partial charge in [0.1, 0.15) is 0 Å². The van der Waals surface area contributed by atoms with Gasteiger partial charge in [-0.05, 0) is 24.2 Å². The predicted molar refractivity (Wildman–Crippen MR) is 41.7 cm³/mol. The summed E-state index contributed by atoms with van der Waals surface area (Å²) in [6.07, 6.45) is -0.124. The van der Waals surface area contributed by atoms with Crippen LogP contribution in [0.5, 0.6) is 0 Å². The number of halogens is 2. The maximum Gasteiger partial charge on any atom is 0.242 e. The Kier molecular flexibility index (Phi) is 2.22. The van der Waals surface area contributed by atoms with Crippen molar-refractivity contribution in [2.45, 2.75) is 40.0 Å². The second-order valence-electron chi connectivity index (χ2n) is 4.56. The van der Waals surface area contributed by atoms with Gasteiger partial charge in [-0.1, -0.05) is 20.8 Å². The zero-order chi connectivity index (χ0) is 8.65. The maximum absolute atomic E-state index is 12.5. The van der Waals surface area contributed by atoms with E-state index >= 15 is 0 Å². The number of hydrogen-bond acceptors (Lipinski definition) is 0. The lowest BCUT2D eigenvalue weighted by atomic mass is 9.78. The summed E-state index contributed by atoms with van der Waals surface area (Å²) in [5.74, 6) is -0.0856. The highest BCUT2D eigenvalue weighted by Gasteiger charge is 2.43. The van der Waals surface area contributed by atoms with E-state index in [4.69, 9.17) is 0 Å². The number of hydrogen-bond donors (Lipinski definition) is 0. The summed E-state index contributed by atoms with van der Waals surface area (Å²) in [4.78, 5) is 0. The van der Waals surface area contributed by atoms with Crippen LogP contribution >= 0.6 is 0 Å². The molecule has 0 spiro atoms. The molecule has 1 aliphatic carbocycles. The average molecular weight is 162 g/mol. The van der Waals surface area contributed by atoms with E-state index in [1.165, 1.54) is 0 Å². The van der Waals surface area contributed by atoms with Crippen LogP contribution in [0.1, 0.15) is 33.6 Å². The van der Waals surface area contributed by atoms with Gasteiger partial charge in [-0.3, -0.25) is 0 Å². The van der Waals surface area contributed by atoms with Crippen molar-refractivity contribution in [3.05, 3.63) is 0 Å². The molecule has 0 aromatic carbocycles. The van der Waals surface area contributed by atoms with Crippen molar-refractivity contribution in [1.82, 2.24) is 0 Å². The quantitative estimate of drug-likeness (QED) is 0.584. The Morgan fingerprint density at radius 3 is 1.73 bits per heavy atom. The van der Waals surface area contributed by atoms with Crippen molar-refractivity contribution in [2.24, 2.45) is 17.3 Å². The van der Waals surface area contributed by atoms with Gasteiger partial charge in [-0.15, -0.1) is 0 Å². The minimum absolute atomic E-state index is 0.227. The first-order valence-corrected chi connectivity index (χ1v) is 4.21. The van der Waals surface area contributed by atoms with Gasteiger partial charge in [-0.2, -0.15) is 0 Å². The first kappa shape index (κ1) is 8.95. The molecular weight excluding hydrogens is 146 g/mol. The molecule has 1 unspecified atom stereocenters. The van der Waals surface area contributed by atoms with Gasteiger partial charge in [0.05, 0.1) is 0 Å². The molecule has 2 heteroatoms. The number of alkyl halides is 2. The van der Waals surface area contributed by atoms with Crippen LogP contribution in [0.25, 0.3) is 0 Å². The highest BCUT2D eigenvalue weighted by molar-refractivity contribution is 4.89.